The van der Waals surface area contributed by atoms with E-state index >= 15 is 0 Å². The van der Waals surface area contributed by atoms with Gasteiger partial charge in [-0.3, -0.25) is 0 Å². The fourth-order valence-corrected chi connectivity index (χ4v) is 2.72. The summed E-state index contributed by atoms with van der Waals surface area (Å²) in [6.45, 7) is 0. The standard InChI is InChI=1S/C13H8ClF5OS/c14-10-3-1-8(2-4-10)11(20,9-5-6-21-7-9)12(15,16)13(17,18)19/h1-7,20H. The van der Waals surface area contributed by atoms with Crippen molar-refractivity contribution in [3.8, 4) is 0 Å². The van der Waals surface area contributed by atoms with Crippen LogP contribution in [-0.4, -0.2) is 17.2 Å². The van der Waals surface area contributed by atoms with Crippen LogP contribution in [0.15, 0.2) is 41.1 Å². The molecule has 0 bridgehead atoms. The van der Waals surface area contributed by atoms with Crippen LogP contribution < -0.4 is 0 Å². The van der Waals surface area contributed by atoms with Crippen LogP contribution in [0.3, 0.4) is 0 Å². The van der Waals surface area contributed by atoms with Crippen LogP contribution in [0.25, 0.3) is 0 Å². The lowest BCUT2D eigenvalue weighted by Gasteiger charge is -2.36. The minimum absolute atomic E-state index is 0.154. The zero-order valence-electron chi connectivity index (χ0n) is 10.2. The molecule has 1 aromatic heterocycles. The highest BCUT2D eigenvalue weighted by Crippen LogP contribution is 2.52. The maximum Gasteiger partial charge on any atom is 0.457 e. The molecule has 1 atom stereocenters. The minimum Gasteiger partial charge on any atom is -0.374 e. The molecular formula is C13H8ClF5OS. The molecule has 0 fully saturated rings. The summed E-state index contributed by atoms with van der Waals surface area (Å²) in [7, 11) is 0. The van der Waals surface area contributed by atoms with Gasteiger partial charge in [-0.05, 0) is 34.5 Å². The van der Waals surface area contributed by atoms with E-state index in [9.17, 15) is 27.1 Å². The SMILES string of the molecule is OC(c1ccc(Cl)cc1)(c1ccsc1)C(F)(F)C(F)(F)F. The molecule has 1 nitrogen and oxygen atoms in total. The van der Waals surface area contributed by atoms with E-state index < -0.39 is 28.8 Å². The summed E-state index contributed by atoms with van der Waals surface area (Å²) in [6.07, 6.45) is -5.91. The molecule has 1 heterocycles. The van der Waals surface area contributed by atoms with Crippen LogP contribution in [0.1, 0.15) is 11.1 Å². The highest BCUT2D eigenvalue weighted by Gasteiger charge is 2.71. The molecule has 114 valence electrons. The first kappa shape index (κ1) is 16.2. The molecule has 0 saturated carbocycles. The monoisotopic (exact) mass is 342 g/mol. The van der Waals surface area contributed by atoms with Crippen molar-refractivity contribution in [3.05, 3.63) is 57.2 Å². The number of alkyl halides is 5. The van der Waals surface area contributed by atoms with Crippen LogP contribution in [-0.2, 0) is 5.60 Å². The van der Waals surface area contributed by atoms with Gasteiger partial charge in [-0.1, -0.05) is 23.7 Å². The third-order valence-electron chi connectivity index (χ3n) is 3.01. The van der Waals surface area contributed by atoms with Gasteiger partial charge in [-0.2, -0.15) is 33.3 Å². The fourth-order valence-electron chi connectivity index (χ4n) is 1.90. The van der Waals surface area contributed by atoms with Gasteiger partial charge in [0.1, 0.15) is 0 Å². The minimum atomic E-state index is -5.91. The summed E-state index contributed by atoms with van der Waals surface area (Å²) in [5.74, 6) is -5.37. The zero-order chi connectivity index (χ0) is 15.9. The molecular weight excluding hydrogens is 335 g/mol. The first-order valence-electron chi connectivity index (χ1n) is 5.56. The van der Waals surface area contributed by atoms with Crippen LogP contribution >= 0.6 is 22.9 Å². The van der Waals surface area contributed by atoms with E-state index in [4.69, 9.17) is 11.6 Å². The normalized spacial score (nSPS) is 15.8. The second kappa shape index (κ2) is 5.23. The average molecular weight is 343 g/mol. The summed E-state index contributed by atoms with van der Waals surface area (Å²) in [6, 6.07) is 5.19. The summed E-state index contributed by atoms with van der Waals surface area (Å²) in [5.41, 5.74) is -4.64. The van der Waals surface area contributed by atoms with Gasteiger partial charge in [0.15, 0.2) is 5.60 Å². The van der Waals surface area contributed by atoms with Gasteiger partial charge in [-0.15, -0.1) is 0 Å². The van der Waals surface area contributed by atoms with E-state index in [1.165, 1.54) is 5.38 Å². The number of benzene rings is 1. The Morgan fingerprint density at radius 2 is 1.48 bits per heavy atom. The zero-order valence-corrected chi connectivity index (χ0v) is 11.7. The maximum absolute atomic E-state index is 13.9. The second-order valence-corrected chi connectivity index (χ2v) is 5.52. The number of rotatable bonds is 3. The predicted molar refractivity (Wildman–Crippen MR) is 69.8 cm³/mol. The first-order valence-corrected chi connectivity index (χ1v) is 6.88. The topological polar surface area (TPSA) is 20.2 Å². The molecule has 0 amide bonds. The maximum atomic E-state index is 13.9. The summed E-state index contributed by atoms with van der Waals surface area (Å²) < 4.78 is 66.1. The Morgan fingerprint density at radius 1 is 0.905 bits per heavy atom. The van der Waals surface area contributed by atoms with E-state index in [-0.39, 0.29) is 5.02 Å². The summed E-state index contributed by atoms with van der Waals surface area (Å²) >= 11 is 6.51. The van der Waals surface area contributed by atoms with E-state index in [1.807, 2.05) is 0 Å². The Labute approximate surface area is 125 Å². The van der Waals surface area contributed by atoms with Gasteiger partial charge < -0.3 is 5.11 Å². The van der Waals surface area contributed by atoms with Crippen molar-refractivity contribution in [2.45, 2.75) is 17.7 Å². The van der Waals surface area contributed by atoms with E-state index in [1.54, 1.807) is 0 Å². The highest BCUT2D eigenvalue weighted by atomic mass is 35.5. The molecule has 0 aliphatic rings. The lowest BCUT2D eigenvalue weighted by molar-refractivity contribution is -0.336. The van der Waals surface area contributed by atoms with Crippen molar-refractivity contribution in [2.75, 3.05) is 0 Å². The summed E-state index contributed by atoms with van der Waals surface area (Å²) in [5, 5.41) is 12.8. The Hall–Kier alpha value is -1.18. The molecule has 0 aliphatic carbocycles. The fraction of sp³-hybridized carbons (Fsp3) is 0.231. The lowest BCUT2D eigenvalue weighted by Crippen LogP contribution is -2.55. The molecule has 2 rings (SSSR count). The molecule has 8 heteroatoms. The van der Waals surface area contributed by atoms with Crippen molar-refractivity contribution in [1.82, 2.24) is 0 Å². The van der Waals surface area contributed by atoms with Gasteiger partial charge in [0.2, 0.25) is 0 Å². The lowest BCUT2D eigenvalue weighted by atomic mass is 9.82. The predicted octanol–water partition coefficient (Wildman–Crippen LogP) is 4.84. The molecule has 2 aromatic rings. The number of halogens is 6. The second-order valence-electron chi connectivity index (χ2n) is 4.30. The van der Waals surface area contributed by atoms with E-state index in [0.717, 1.165) is 47.0 Å². The quantitative estimate of drug-likeness (QED) is 0.792. The number of hydrogen-bond donors (Lipinski definition) is 1. The molecule has 1 aromatic carbocycles. The van der Waals surface area contributed by atoms with Crippen molar-refractivity contribution in [3.63, 3.8) is 0 Å². The van der Waals surface area contributed by atoms with Crippen molar-refractivity contribution < 1.29 is 27.1 Å². The van der Waals surface area contributed by atoms with Gasteiger partial charge in [0.05, 0.1) is 0 Å². The number of hydrogen-bond acceptors (Lipinski definition) is 2. The molecule has 0 saturated heterocycles. The van der Waals surface area contributed by atoms with Crippen LogP contribution in [0.4, 0.5) is 22.0 Å². The van der Waals surface area contributed by atoms with E-state index in [0.29, 0.717) is 0 Å². The Bertz CT molecular complexity index is 608. The Morgan fingerprint density at radius 3 is 1.90 bits per heavy atom. The average Bonchev–Trinajstić information content (AvgIpc) is 2.91. The Balaban J connectivity index is 2.69. The molecule has 0 aliphatic heterocycles. The molecule has 0 radical (unpaired) electrons. The van der Waals surface area contributed by atoms with Crippen molar-refractivity contribution in [2.24, 2.45) is 0 Å². The van der Waals surface area contributed by atoms with Gasteiger partial charge in [0, 0.05) is 10.6 Å². The van der Waals surface area contributed by atoms with Crippen molar-refractivity contribution in [1.29, 1.82) is 0 Å². The van der Waals surface area contributed by atoms with Gasteiger partial charge >= 0.3 is 12.1 Å². The molecule has 21 heavy (non-hydrogen) atoms. The third kappa shape index (κ3) is 2.54. The van der Waals surface area contributed by atoms with Gasteiger partial charge in [0.25, 0.3) is 0 Å². The smallest absolute Gasteiger partial charge is 0.374 e. The van der Waals surface area contributed by atoms with E-state index in [2.05, 4.69) is 0 Å². The van der Waals surface area contributed by atoms with Crippen LogP contribution in [0.2, 0.25) is 5.02 Å². The first-order chi connectivity index (χ1) is 9.60. The molecule has 1 N–H and O–H groups in total. The van der Waals surface area contributed by atoms with Crippen LogP contribution in [0, 0.1) is 0 Å². The largest absolute Gasteiger partial charge is 0.457 e. The number of aliphatic hydroxyl groups is 1. The molecule has 1 unspecified atom stereocenters. The summed E-state index contributed by atoms with van der Waals surface area (Å²) in [4.78, 5) is 0. The highest BCUT2D eigenvalue weighted by molar-refractivity contribution is 7.08. The van der Waals surface area contributed by atoms with Gasteiger partial charge in [-0.25, -0.2) is 0 Å². The van der Waals surface area contributed by atoms with Crippen LogP contribution in [0.5, 0.6) is 0 Å². The third-order valence-corrected chi connectivity index (χ3v) is 3.95. The number of thiophene rings is 1. The molecule has 0 spiro atoms. The Kier molecular flexibility index (Phi) is 4.03. The van der Waals surface area contributed by atoms with Crippen molar-refractivity contribution >= 4 is 22.9 Å².